The lowest BCUT2D eigenvalue weighted by Crippen LogP contribution is -2.18. The summed E-state index contributed by atoms with van der Waals surface area (Å²) in [5, 5.41) is 5.00. The number of halogens is 3. The Kier molecular flexibility index (Phi) is 5.00. The van der Waals surface area contributed by atoms with E-state index in [2.05, 4.69) is 4.74 Å². The Balaban J connectivity index is 2.78. The number of rotatable bonds is 5. The summed E-state index contributed by atoms with van der Waals surface area (Å²) in [6.07, 6.45) is -4.70. The van der Waals surface area contributed by atoms with Crippen LogP contribution in [0.4, 0.5) is 13.2 Å². The van der Waals surface area contributed by atoms with Crippen LogP contribution >= 0.6 is 0 Å². The summed E-state index contributed by atoms with van der Waals surface area (Å²) in [4.78, 5) is -0.0774. The molecule has 114 valence electrons. The lowest BCUT2D eigenvalue weighted by molar-refractivity contribution is -0.325. The van der Waals surface area contributed by atoms with Gasteiger partial charge in [-0.3, -0.25) is 4.74 Å². The van der Waals surface area contributed by atoms with E-state index in [4.69, 9.17) is 9.88 Å². The number of sulfonamides is 1. The second-order valence-corrected chi connectivity index (χ2v) is 5.64. The lowest BCUT2D eigenvalue weighted by atomic mass is 10.1. The maximum Gasteiger partial charge on any atom is 0.522 e. The van der Waals surface area contributed by atoms with Crippen molar-refractivity contribution in [3.05, 3.63) is 23.3 Å². The highest BCUT2D eigenvalue weighted by Crippen LogP contribution is 2.26. The van der Waals surface area contributed by atoms with Gasteiger partial charge in [-0.25, -0.2) is 13.6 Å². The van der Waals surface area contributed by atoms with E-state index in [9.17, 15) is 21.6 Å². The molecular formula is C11H14F3NO4S. The second kappa shape index (κ2) is 5.98. The van der Waals surface area contributed by atoms with Crippen molar-refractivity contribution in [2.45, 2.75) is 25.1 Å². The maximum absolute atomic E-state index is 11.8. The number of primary sulfonamides is 1. The number of hydrogen-bond donors (Lipinski definition) is 1. The summed E-state index contributed by atoms with van der Waals surface area (Å²) in [6.45, 7) is 2.18. The Morgan fingerprint density at radius 3 is 2.05 bits per heavy atom. The molecular weight excluding hydrogens is 299 g/mol. The van der Waals surface area contributed by atoms with Gasteiger partial charge in [0.05, 0.1) is 11.5 Å². The predicted molar refractivity (Wildman–Crippen MR) is 64.8 cm³/mol. The summed E-state index contributed by atoms with van der Waals surface area (Å²) in [5.41, 5.74) is 0.919. The molecule has 0 unspecified atom stereocenters. The zero-order valence-electron chi connectivity index (χ0n) is 10.8. The highest BCUT2D eigenvalue weighted by atomic mass is 32.2. The van der Waals surface area contributed by atoms with E-state index in [1.165, 1.54) is 12.1 Å². The van der Waals surface area contributed by atoms with E-state index in [1.54, 1.807) is 13.8 Å². The molecule has 0 spiro atoms. The molecule has 5 nitrogen and oxygen atoms in total. The van der Waals surface area contributed by atoms with Crippen LogP contribution in [0.25, 0.3) is 0 Å². The fraction of sp³-hybridized carbons (Fsp3) is 0.455. The van der Waals surface area contributed by atoms with Crippen LogP contribution in [-0.2, 0) is 14.8 Å². The van der Waals surface area contributed by atoms with Crippen LogP contribution in [0.2, 0.25) is 0 Å². The fourth-order valence-electron chi connectivity index (χ4n) is 1.60. The van der Waals surface area contributed by atoms with Crippen molar-refractivity contribution < 1.29 is 31.1 Å². The molecule has 0 saturated carbocycles. The van der Waals surface area contributed by atoms with Crippen molar-refractivity contribution in [2.24, 2.45) is 5.14 Å². The van der Waals surface area contributed by atoms with Gasteiger partial charge in [-0.05, 0) is 37.1 Å². The van der Waals surface area contributed by atoms with Crippen molar-refractivity contribution in [1.82, 2.24) is 0 Å². The molecule has 0 radical (unpaired) electrons. The zero-order chi connectivity index (χ0) is 15.6. The number of benzene rings is 1. The van der Waals surface area contributed by atoms with E-state index >= 15 is 0 Å². The molecule has 0 aliphatic carbocycles. The first kappa shape index (κ1) is 16.7. The highest BCUT2D eigenvalue weighted by molar-refractivity contribution is 7.89. The Morgan fingerprint density at radius 1 is 1.15 bits per heavy atom. The van der Waals surface area contributed by atoms with E-state index < -0.39 is 23.0 Å². The Bertz CT molecular complexity index is 561. The third-order valence-corrected chi connectivity index (χ3v) is 3.25. The molecule has 0 heterocycles. The summed E-state index contributed by atoms with van der Waals surface area (Å²) in [6, 6.07) is 2.59. The van der Waals surface area contributed by atoms with Gasteiger partial charge in [-0.15, -0.1) is 13.2 Å². The number of ether oxygens (including phenoxy) is 2. The van der Waals surface area contributed by atoms with Gasteiger partial charge in [0, 0.05) is 0 Å². The Hall–Kier alpha value is -1.32. The van der Waals surface area contributed by atoms with Gasteiger partial charge in [-0.1, -0.05) is 0 Å². The molecule has 0 amide bonds. The molecule has 9 heteroatoms. The van der Waals surface area contributed by atoms with Crippen LogP contribution in [0, 0.1) is 13.8 Å². The van der Waals surface area contributed by atoms with E-state index in [1.807, 2.05) is 0 Å². The molecule has 0 aliphatic rings. The molecule has 0 atom stereocenters. The third-order valence-electron chi connectivity index (χ3n) is 2.36. The smallest absolute Gasteiger partial charge is 0.491 e. The minimum atomic E-state index is -4.70. The molecule has 0 saturated heterocycles. The molecule has 20 heavy (non-hydrogen) atoms. The molecule has 0 aromatic heterocycles. The average molecular weight is 313 g/mol. The molecule has 0 aliphatic heterocycles. The summed E-state index contributed by atoms with van der Waals surface area (Å²) in [5.74, 6) is 0.308. The first-order valence-electron chi connectivity index (χ1n) is 5.48. The van der Waals surface area contributed by atoms with Crippen molar-refractivity contribution in [3.8, 4) is 5.75 Å². The number of aryl methyl sites for hydroxylation is 2. The van der Waals surface area contributed by atoms with Crippen LogP contribution < -0.4 is 9.88 Å². The van der Waals surface area contributed by atoms with Crippen molar-refractivity contribution >= 4 is 10.0 Å². The molecule has 1 rings (SSSR count). The molecule has 2 N–H and O–H groups in total. The van der Waals surface area contributed by atoms with Gasteiger partial charge in [0.1, 0.15) is 12.4 Å². The highest BCUT2D eigenvalue weighted by Gasteiger charge is 2.28. The third kappa shape index (κ3) is 4.99. The predicted octanol–water partition coefficient (Wildman–Crippen LogP) is 1.87. The van der Waals surface area contributed by atoms with Gasteiger partial charge in [0.25, 0.3) is 0 Å². The minimum absolute atomic E-state index is 0.0774. The lowest BCUT2D eigenvalue weighted by Gasteiger charge is -2.14. The van der Waals surface area contributed by atoms with Crippen LogP contribution in [-0.4, -0.2) is 28.0 Å². The SMILES string of the molecule is Cc1cc(S(N)(=O)=O)cc(C)c1OCCOC(F)(F)F. The molecule has 1 aromatic rings. The molecule has 0 bridgehead atoms. The normalized spacial score (nSPS) is 12.5. The fourth-order valence-corrected chi connectivity index (χ4v) is 2.29. The summed E-state index contributed by atoms with van der Waals surface area (Å²) < 4.78 is 66.5. The average Bonchev–Trinajstić information content (AvgIpc) is 2.23. The Morgan fingerprint density at radius 2 is 1.65 bits per heavy atom. The minimum Gasteiger partial charge on any atom is -0.491 e. The largest absolute Gasteiger partial charge is 0.522 e. The quantitative estimate of drug-likeness (QED) is 0.842. The van der Waals surface area contributed by atoms with Crippen LogP contribution in [0.5, 0.6) is 5.75 Å². The van der Waals surface area contributed by atoms with Gasteiger partial charge in [0.2, 0.25) is 10.0 Å². The van der Waals surface area contributed by atoms with Crippen molar-refractivity contribution in [2.75, 3.05) is 13.2 Å². The van der Waals surface area contributed by atoms with Gasteiger partial charge < -0.3 is 4.74 Å². The van der Waals surface area contributed by atoms with Gasteiger partial charge in [-0.2, -0.15) is 0 Å². The van der Waals surface area contributed by atoms with Crippen LogP contribution in [0.1, 0.15) is 11.1 Å². The van der Waals surface area contributed by atoms with E-state index in [0.29, 0.717) is 16.9 Å². The van der Waals surface area contributed by atoms with Gasteiger partial charge in [0.15, 0.2) is 0 Å². The van der Waals surface area contributed by atoms with Gasteiger partial charge >= 0.3 is 6.36 Å². The Labute approximate surface area is 114 Å². The number of alkyl halides is 3. The van der Waals surface area contributed by atoms with Crippen LogP contribution in [0.15, 0.2) is 17.0 Å². The number of nitrogens with two attached hydrogens (primary N) is 1. The monoisotopic (exact) mass is 313 g/mol. The summed E-state index contributed by atoms with van der Waals surface area (Å²) >= 11 is 0. The second-order valence-electron chi connectivity index (χ2n) is 4.07. The first-order chi connectivity index (χ1) is 9.00. The topological polar surface area (TPSA) is 78.6 Å². The van der Waals surface area contributed by atoms with E-state index in [0.717, 1.165) is 0 Å². The molecule has 1 aromatic carbocycles. The van der Waals surface area contributed by atoms with Crippen molar-refractivity contribution in [3.63, 3.8) is 0 Å². The van der Waals surface area contributed by atoms with Crippen LogP contribution in [0.3, 0.4) is 0 Å². The summed E-state index contributed by atoms with van der Waals surface area (Å²) in [7, 11) is -3.84. The maximum atomic E-state index is 11.8. The number of hydrogen-bond acceptors (Lipinski definition) is 4. The standard InChI is InChI=1S/C11H14F3NO4S/c1-7-5-9(20(15,16)17)6-8(2)10(7)18-3-4-19-11(12,13)14/h5-6H,3-4H2,1-2H3,(H2,15,16,17). The zero-order valence-corrected chi connectivity index (χ0v) is 11.6. The van der Waals surface area contributed by atoms with Crippen molar-refractivity contribution in [1.29, 1.82) is 0 Å². The molecule has 0 fully saturated rings. The van der Waals surface area contributed by atoms with E-state index in [-0.39, 0.29) is 11.5 Å². The first-order valence-corrected chi connectivity index (χ1v) is 7.03.